The van der Waals surface area contributed by atoms with Crippen LogP contribution in [0.1, 0.15) is 59.3 Å². The summed E-state index contributed by atoms with van der Waals surface area (Å²) in [5, 5.41) is 3.80. The fraction of sp³-hybridized carbons (Fsp3) is 1.00. The smallest absolute Gasteiger partial charge is 0.00821 e. The first-order valence-corrected chi connectivity index (χ1v) is 7.24. The maximum atomic E-state index is 3.80. The number of hydrogen-bond donors (Lipinski definition) is 1. The second-order valence-electron chi connectivity index (χ2n) is 5.33. The number of nitrogens with one attached hydrogen (secondary N) is 1. The van der Waals surface area contributed by atoms with Gasteiger partial charge in [-0.05, 0) is 58.7 Å². The normalized spacial score (nSPS) is 25.3. The van der Waals surface area contributed by atoms with Gasteiger partial charge in [-0.2, -0.15) is 0 Å². The molecule has 1 fully saturated rings. The van der Waals surface area contributed by atoms with Crippen molar-refractivity contribution >= 4 is 0 Å². The Bertz CT molecular complexity index is 170. The number of likely N-dealkylation sites (tertiary alicyclic amines) is 1. The van der Waals surface area contributed by atoms with Gasteiger partial charge in [0.05, 0.1) is 0 Å². The quantitative estimate of drug-likeness (QED) is 0.749. The van der Waals surface area contributed by atoms with Gasteiger partial charge in [0.25, 0.3) is 0 Å². The lowest BCUT2D eigenvalue weighted by Gasteiger charge is -2.22. The molecule has 2 unspecified atom stereocenters. The third kappa shape index (κ3) is 5.31. The van der Waals surface area contributed by atoms with E-state index in [9.17, 15) is 0 Å². The van der Waals surface area contributed by atoms with E-state index in [0.717, 1.165) is 6.04 Å². The lowest BCUT2D eigenvalue weighted by Crippen LogP contribution is -2.37. The topological polar surface area (TPSA) is 15.3 Å². The summed E-state index contributed by atoms with van der Waals surface area (Å²) in [7, 11) is 0. The maximum Gasteiger partial charge on any atom is 0.00821 e. The molecule has 1 saturated heterocycles. The van der Waals surface area contributed by atoms with Gasteiger partial charge >= 0.3 is 0 Å². The number of nitrogens with zero attached hydrogens (tertiary/aromatic N) is 1. The molecule has 1 rings (SSSR count). The van der Waals surface area contributed by atoms with Crippen LogP contribution in [-0.2, 0) is 0 Å². The molecule has 0 aliphatic carbocycles. The van der Waals surface area contributed by atoms with Gasteiger partial charge in [-0.25, -0.2) is 0 Å². The number of rotatable bonds is 6. The third-order valence-electron chi connectivity index (χ3n) is 3.60. The van der Waals surface area contributed by atoms with Crippen LogP contribution in [-0.4, -0.2) is 36.6 Å². The summed E-state index contributed by atoms with van der Waals surface area (Å²) in [5.74, 6) is 0. The minimum atomic E-state index is 0.702. The van der Waals surface area contributed by atoms with Crippen molar-refractivity contribution in [2.24, 2.45) is 0 Å². The largest absolute Gasteiger partial charge is 0.311 e. The molecule has 0 spiro atoms. The van der Waals surface area contributed by atoms with Gasteiger partial charge in [0.2, 0.25) is 0 Å². The van der Waals surface area contributed by atoms with Crippen LogP contribution in [0.15, 0.2) is 0 Å². The van der Waals surface area contributed by atoms with E-state index < -0.39 is 0 Å². The zero-order chi connectivity index (χ0) is 11.8. The van der Waals surface area contributed by atoms with E-state index in [0.29, 0.717) is 6.04 Å². The molecule has 1 aliphatic heterocycles. The van der Waals surface area contributed by atoms with Crippen LogP contribution in [0.25, 0.3) is 0 Å². The van der Waals surface area contributed by atoms with Crippen LogP contribution >= 0.6 is 0 Å². The van der Waals surface area contributed by atoms with Crippen molar-refractivity contribution in [1.82, 2.24) is 10.2 Å². The molecule has 0 bridgehead atoms. The molecular weight excluding hydrogens is 196 g/mol. The van der Waals surface area contributed by atoms with Crippen molar-refractivity contribution in [2.45, 2.75) is 71.4 Å². The van der Waals surface area contributed by atoms with Crippen molar-refractivity contribution in [3.63, 3.8) is 0 Å². The van der Waals surface area contributed by atoms with Gasteiger partial charge < -0.3 is 10.2 Å². The van der Waals surface area contributed by atoms with Crippen molar-refractivity contribution < 1.29 is 0 Å². The van der Waals surface area contributed by atoms with Crippen molar-refractivity contribution in [3.05, 3.63) is 0 Å². The Balaban J connectivity index is 2.24. The van der Waals surface area contributed by atoms with Gasteiger partial charge in [-0.3, -0.25) is 0 Å². The van der Waals surface area contributed by atoms with Crippen LogP contribution in [0, 0.1) is 0 Å². The van der Waals surface area contributed by atoms with Crippen molar-refractivity contribution in [1.29, 1.82) is 0 Å². The second-order valence-corrected chi connectivity index (χ2v) is 5.33. The zero-order valence-electron chi connectivity index (χ0n) is 11.5. The molecule has 0 aromatic carbocycles. The molecular formula is C14H30N2. The lowest BCUT2D eigenvalue weighted by molar-refractivity contribution is 0.281. The highest BCUT2D eigenvalue weighted by Crippen LogP contribution is 2.12. The highest BCUT2D eigenvalue weighted by molar-refractivity contribution is 4.77. The van der Waals surface area contributed by atoms with Crippen LogP contribution < -0.4 is 5.32 Å². The molecule has 0 amide bonds. The fourth-order valence-corrected chi connectivity index (χ4v) is 2.78. The van der Waals surface area contributed by atoms with Crippen LogP contribution in [0.4, 0.5) is 0 Å². The minimum absolute atomic E-state index is 0.702. The molecule has 0 aromatic rings. The molecule has 0 saturated carbocycles. The predicted octanol–water partition coefficient (Wildman–Crippen LogP) is 3.03. The van der Waals surface area contributed by atoms with Gasteiger partial charge in [-0.1, -0.05) is 20.3 Å². The highest BCUT2D eigenvalue weighted by Gasteiger charge is 2.17. The van der Waals surface area contributed by atoms with Gasteiger partial charge in [0.15, 0.2) is 0 Å². The van der Waals surface area contributed by atoms with E-state index in [1.807, 2.05) is 0 Å². The van der Waals surface area contributed by atoms with E-state index in [-0.39, 0.29) is 0 Å². The van der Waals surface area contributed by atoms with Crippen molar-refractivity contribution in [2.75, 3.05) is 19.6 Å². The SMILES string of the molecule is CCCC(C)NC1CCCN(CCC)CC1. The number of hydrogen-bond acceptors (Lipinski definition) is 2. The summed E-state index contributed by atoms with van der Waals surface area (Å²) < 4.78 is 0. The van der Waals surface area contributed by atoms with E-state index in [4.69, 9.17) is 0 Å². The molecule has 0 radical (unpaired) electrons. The summed E-state index contributed by atoms with van der Waals surface area (Å²) >= 11 is 0. The fourth-order valence-electron chi connectivity index (χ4n) is 2.78. The average molecular weight is 226 g/mol. The lowest BCUT2D eigenvalue weighted by atomic mass is 10.1. The second kappa shape index (κ2) is 8.08. The van der Waals surface area contributed by atoms with Crippen LogP contribution in [0.3, 0.4) is 0 Å². The molecule has 1 N–H and O–H groups in total. The monoisotopic (exact) mass is 226 g/mol. The van der Waals surface area contributed by atoms with Gasteiger partial charge in [0, 0.05) is 12.1 Å². The Morgan fingerprint density at radius 2 is 2.00 bits per heavy atom. The molecule has 2 atom stereocenters. The van der Waals surface area contributed by atoms with Gasteiger partial charge in [-0.15, -0.1) is 0 Å². The van der Waals surface area contributed by atoms with E-state index in [1.165, 1.54) is 58.2 Å². The summed E-state index contributed by atoms with van der Waals surface area (Å²) in [6.07, 6.45) is 7.99. The molecule has 2 heteroatoms. The zero-order valence-corrected chi connectivity index (χ0v) is 11.5. The Kier molecular flexibility index (Phi) is 7.06. The molecule has 96 valence electrons. The van der Waals surface area contributed by atoms with Gasteiger partial charge in [0.1, 0.15) is 0 Å². The van der Waals surface area contributed by atoms with E-state index >= 15 is 0 Å². The van der Waals surface area contributed by atoms with Crippen molar-refractivity contribution in [3.8, 4) is 0 Å². The average Bonchev–Trinajstić information content (AvgIpc) is 2.45. The third-order valence-corrected chi connectivity index (χ3v) is 3.60. The molecule has 16 heavy (non-hydrogen) atoms. The highest BCUT2D eigenvalue weighted by atomic mass is 15.1. The molecule has 2 nitrogen and oxygen atoms in total. The predicted molar refractivity (Wildman–Crippen MR) is 71.9 cm³/mol. The molecule has 0 aromatic heterocycles. The Labute approximate surface area is 102 Å². The Morgan fingerprint density at radius 1 is 1.19 bits per heavy atom. The minimum Gasteiger partial charge on any atom is -0.311 e. The standard InChI is InChI=1S/C14H30N2/c1-4-7-13(3)15-14-8-6-11-16(10-5-2)12-9-14/h13-15H,4-12H2,1-3H3. The van der Waals surface area contributed by atoms with E-state index in [2.05, 4.69) is 31.0 Å². The summed E-state index contributed by atoms with van der Waals surface area (Å²) in [6.45, 7) is 10.8. The first-order valence-electron chi connectivity index (χ1n) is 7.24. The summed E-state index contributed by atoms with van der Waals surface area (Å²) in [6, 6.07) is 1.47. The summed E-state index contributed by atoms with van der Waals surface area (Å²) in [4.78, 5) is 2.63. The molecule has 1 heterocycles. The van der Waals surface area contributed by atoms with E-state index in [1.54, 1.807) is 0 Å². The van der Waals surface area contributed by atoms with Crippen LogP contribution in [0.2, 0.25) is 0 Å². The summed E-state index contributed by atoms with van der Waals surface area (Å²) in [5.41, 5.74) is 0. The molecule has 1 aliphatic rings. The first-order chi connectivity index (χ1) is 7.76. The van der Waals surface area contributed by atoms with Crippen LogP contribution in [0.5, 0.6) is 0 Å². The first kappa shape index (κ1) is 14.0. The Morgan fingerprint density at radius 3 is 2.69 bits per heavy atom. The maximum absolute atomic E-state index is 3.80. The Hall–Kier alpha value is -0.0800.